The van der Waals surface area contributed by atoms with E-state index >= 15 is 0 Å². The summed E-state index contributed by atoms with van der Waals surface area (Å²) in [5.74, 6) is -1.10. The summed E-state index contributed by atoms with van der Waals surface area (Å²) in [6.45, 7) is 20.6. The molecular weight excluding hydrogens is 420 g/mol. The van der Waals surface area contributed by atoms with Crippen molar-refractivity contribution in [2.75, 3.05) is 13.1 Å². The van der Waals surface area contributed by atoms with Crippen LogP contribution in [0.2, 0.25) is 51.4 Å². The first-order valence-electron chi connectivity index (χ1n) is 10.2. The maximum Gasteiger partial charge on any atom is 0.311 e. The van der Waals surface area contributed by atoms with Crippen molar-refractivity contribution in [3.05, 3.63) is 12.2 Å². The van der Waals surface area contributed by atoms with Crippen LogP contribution in [0.25, 0.3) is 0 Å². The van der Waals surface area contributed by atoms with Crippen LogP contribution in [-0.4, -0.2) is 55.9 Å². The van der Waals surface area contributed by atoms with Gasteiger partial charge in [-0.1, -0.05) is 6.58 Å². The summed E-state index contributed by atoms with van der Waals surface area (Å²) in [5.41, 5.74) is 0.521. The van der Waals surface area contributed by atoms with Gasteiger partial charge in [-0.15, -0.1) is 0 Å². The van der Waals surface area contributed by atoms with Crippen molar-refractivity contribution in [3.63, 3.8) is 0 Å². The van der Waals surface area contributed by atoms with Crippen molar-refractivity contribution < 1.29 is 22.6 Å². The molecule has 0 bridgehead atoms. The first kappa shape index (κ1) is 27.9. The van der Waals surface area contributed by atoms with Gasteiger partial charge in [-0.05, 0) is 71.1 Å². The number of Topliss-reactive ketones (excluding diaryl/α,β-unsaturated/α-hetero) is 1. The van der Waals surface area contributed by atoms with E-state index in [2.05, 4.69) is 56.5 Å². The Morgan fingerprint density at radius 3 is 1.48 bits per heavy atom. The molecule has 168 valence electrons. The lowest BCUT2D eigenvalue weighted by Gasteiger charge is -2.38. The van der Waals surface area contributed by atoms with Crippen LogP contribution in [0.15, 0.2) is 12.2 Å². The van der Waals surface area contributed by atoms with E-state index in [1.807, 2.05) is 0 Å². The van der Waals surface area contributed by atoms with Crippen LogP contribution >= 0.6 is 0 Å². The van der Waals surface area contributed by atoms with Crippen LogP contribution in [0.3, 0.4) is 0 Å². The van der Waals surface area contributed by atoms with Gasteiger partial charge in [0.25, 0.3) is 5.91 Å². The molecule has 0 aliphatic heterocycles. The summed E-state index contributed by atoms with van der Waals surface area (Å²) in [4.78, 5) is 33.8. The van der Waals surface area contributed by atoms with Gasteiger partial charge in [0, 0.05) is 25.6 Å². The third kappa shape index (κ3) is 13.7. The van der Waals surface area contributed by atoms with E-state index in [1.54, 1.807) is 6.92 Å². The first-order chi connectivity index (χ1) is 13.1. The van der Waals surface area contributed by atoms with Gasteiger partial charge >= 0.3 is 8.56 Å². The van der Waals surface area contributed by atoms with Gasteiger partial charge in [-0.3, -0.25) is 14.4 Å². The molecule has 0 saturated carbocycles. The van der Waals surface area contributed by atoms with Gasteiger partial charge in [0.1, 0.15) is 0 Å². The number of nitrogens with one attached hydrogen (secondary N) is 2. The second-order valence-corrected chi connectivity index (χ2v) is 21.7. The Morgan fingerprint density at radius 1 is 0.759 bits per heavy atom. The number of ketones is 1. The minimum Gasteiger partial charge on any atom is -0.437 e. The average molecular weight is 461 g/mol. The predicted molar refractivity (Wildman–Crippen MR) is 125 cm³/mol. The fourth-order valence-electron chi connectivity index (χ4n) is 3.16. The van der Waals surface area contributed by atoms with Crippen molar-refractivity contribution >= 4 is 42.8 Å². The van der Waals surface area contributed by atoms with E-state index in [4.69, 9.17) is 8.23 Å². The molecule has 0 spiro atoms. The maximum atomic E-state index is 11.6. The summed E-state index contributed by atoms with van der Waals surface area (Å²) >= 11 is 0. The number of amides is 2. The summed E-state index contributed by atoms with van der Waals surface area (Å²) in [5, 5.41) is 5.49. The van der Waals surface area contributed by atoms with Crippen LogP contribution in [0, 0.1) is 0 Å². The molecule has 0 rings (SSSR count). The van der Waals surface area contributed by atoms with Crippen molar-refractivity contribution in [1.82, 2.24) is 10.6 Å². The van der Waals surface area contributed by atoms with Crippen molar-refractivity contribution in [2.24, 2.45) is 0 Å². The van der Waals surface area contributed by atoms with E-state index in [-0.39, 0.29) is 5.91 Å². The highest BCUT2D eigenvalue weighted by atomic mass is 28.5. The van der Waals surface area contributed by atoms with Crippen LogP contribution in [0.1, 0.15) is 26.7 Å². The van der Waals surface area contributed by atoms with Gasteiger partial charge in [0.2, 0.25) is 11.7 Å². The SMILES string of the molecule is C=C(C)C(=O)NCCC[Si](C)(C)O[Si](C)(C)O[Si](C)(C)CCCNC(=O)C(C)=O. The molecule has 0 aliphatic carbocycles. The second kappa shape index (κ2) is 11.9. The highest BCUT2D eigenvalue weighted by Crippen LogP contribution is 2.25. The Balaban J connectivity index is 4.43. The van der Waals surface area contributed by atoms with E-state index in [1.165, 1.54) is 6.92 Å². The maximum absolute atomic E-state index is 11.6. The van der Waals surface area contributed by atoms with E-state index in [9.17, 15) is 14.4 Å². The minimum absolute atomic E-state index is 0.101. The predicted octanol–water partition coefficient (Wildman–Crippen LogP) is 3.31. The van der Waals surface area contributed by atoms with Crippen molar-refractivity contribution in [1.29, 1.82) is 0 Å². The smallest absolute Gasteiger partial charge is 0.311 e. The molecular formula is C19H40N2O5Si3. The fraction of sp³-hybridized carbons (Fsp3) is 0.737. The molecule has 0 unspecified atom stereocenters. The molecule has 2 amide bonds. The van der Waals surface area contributed by atoms with E-state index in [0.717, 1.165) is 24.9 Å². The molecule has 0 fully saturated rings. The minimum atomic E-state index is -2.29. The van der Waals surface area contributed by atoms with Crippen LogP contribution in [-0.2, 0) is 22.6 Å². The molecule has 0 aromatic heterocycles. The summed E-state index contributed by atoms with van der Waals surface area (Å²) in [6, 6.07) is 1.84. The van der Waals surface area contributed by atoms with E-state index < -0.39 is 36.9 Å². The second-order valence-electron chi connectivity index (χ2n) is 9.18. The molecule has 0 aromatic rings. The van der Waals surface area contributed by atoms with Crippen molar-refractivity contribution in [3.8, 4) is 0 Å². The van der Waals surface area contributed by atoms with Gasteiger partial charge in [-0.25, -0.2) is 0 Å². The number of rotatable bonds is 14. The van der Waals surface area contributed by atoms with Crippen LogP contribution in [0.4, 0.5) is 0 Å². The number of hydrogen-bond donors (Lipinski definition) is 2. The Bertz CT molecular complexity index is 557. The van der Waals surface area contributed by atoms with E-state index in [0.29, 0.717) is 18.7 Å². The van der Waals surface area contributed by atoms with Crippen LogP contribution < -0.4 is 10.6 Å². The largest absolute Gasteiger partial charge is 0.437 e. The summed E-state index contributed by atoms with van der Waals surface area (Å²) in [6.07, 6.45) is 1.66. The lowest BCUT2D eigenvalue weighted by atomic mass is 10.3. The monoisotopic (exact) mass is 460 g/mol. The zero-order chi connectivity index (χ0) is 22.9. The van der Waals surface area contributed by atoms with Gasteiger partial charge < -0.3 is 18.9 Å². The van der Waals surface area contributed by atoms with Gasteiger partial charge in [0.05, 0.1) is 0 Å². The third-order valence-electron chi connectivity index (χ3n) is 4.23. The first-order valence-corrected chi connectivity index (χ1v) is 19.2. The molecule has 10 heteroatoms. The van der Waals surface area contributed by atoms with Gasteiger partial charge in [-0.2, -0.15) is 0 Å². The lowest BCUT2D eigenvalue weighted by Crippen LogP contribution is -2.52. The Hall–Kier alpha value is -1.08. The molecule has 7 nitrogen and oxygen atoms in total. The highest BCUT2D eigenvalue weighted by Gasteiger charge is 2.39. The van der Waals surface area contributed by atoms with Crippen LogP contribution in [0.5, 0.6) is 0 Å². The highest BCUT2D eigenvalue weighted by molar-refractivity contribution is 6.87. The molecule has 0 heterocycles. The zero-order valence-electron chi connectivity index (χ0n) is 19.5. The van der Waals surface area contributed by atoms with Gasteiger partial charge in [0.15, 0.2) is 16.6 Å². The molecule has 0 aromatic carbocycles. The molecule has 0 saturated heterocycles. The fourth-order valence-corrected chi connectivity index (χ4v) is 17.2. The molecule has 0 aliphatic rings. The Morgan fingerprint density at radius 2 is 1.14 bits per heavy atom. The summed E-state index contributed by atoms with van der Waals surface area (Å²) < 4.78 is 13.1. The normalized spacial score (nSPS) is 12.4. The number of carbonyl (C=O) groups is 3. The third-order valence-corrected chi connectivity index (χ3v) is 15.7. The summed E-state index contributed by atoms with van der Waals surface area (Å²) in [7, 11) is -6.15. The zero-order valence-corrected chi connectivity index (χ0v) is 22.5. The average Bonchev–Trinajstić information content (AvgIpc) is 2.52. The Labute approximate surface area is 179 Å². The molecule has 2 N–H and O–H groups in total. The quantitative estimate of drug-likeness (QED) is 0.179. The van der Waals surface area contributed by atoms with Crippen molar-refractivity contribution in [2.45, 2.75) is 78.1 Å². The molecule has 0 atom stereocenters. The molecule has 0 radical (unpaired) electrons. The molecule has 29 heavy (non-hydrogen) atoms. The number of carbonyl (C=O) groups excluding carboxylic acids is 3. The standard InChI is InChI=1S/C19H40N2O5Si3/c1-16(2)18(23)20-12-10-14-27(4,5)25-29(8,9)26-28(6,7)15-11-13-21-19(24)17(3)22/h1,10-15H2,2-9H3,(H,20,23)(H,21,24). The Kier molecular flexibility index (Phi) is 11.5. The lowest BCUT2D eigenvalue weighted by molar-refractivity contribution is -0.136. The topological polar surface area (TPSA) is 93.7 Å². The number of hydrogen-bond acceptors (Lipinski definition) is 5.